The number of ether oxygens (including phenoxy) is 6. The molecule has 3 aliphatic heterocycles. The van der Waals surface area contributed by atoms with Gasteiger partial charge >= 0.3 is 0 Å². The molecule has 0 radical (unpaired) electrons. The lowest BCUT2D eigenvalue weighted by Crippen LogP contribution is -2.66. The average molecular weight is 1120 g/mol. The van der Waals surface area contributed by atoms with Crippen LogP contribution in [0.4, 0.5) is 0 Å². The van der Waals surface area contributed by atoms with E-state index in [-0.39, 0.29) is 18.9 Å². The third-order valence-electron chi connectivity index (χ3n) is 14.2. The molecule has 17 atom stereocenters. The second kappa shape index (κ2) is 42.7. The minimum Gasteiger partial charge on any atom is -0.394 e. The van der Waals surface area contributed by atoms with Gasteiger partial charge in [0.25, 0.3) is 0 Å². The summed E-state index contributed by atoms with van der Waals surface area (Å²) in [6, 6.07) is -1.00. The van der Waals surface area contributed by atoms with Gasteiger partial charge in [0.2, 0.25) is 5.91 Å². The number of unbranched alkanes of at least 4 members (excludes halogenated alkanes) is 13. The molecule has 0 aromatic heterocycles. The summed E-state index contributed by atoms with van der Waals surface area (Å²) in [6.45, 7) is 1.51. The summed E-state index contributed by atoms with van der Waals surface area (Å²) in [4.78, 5) is 13.3. The topological polar surface area (TPSA) is 307 Å². The number of hydrogen-bond acceptors (Lipinski definition) is 18. The summed E-state index contributed by atoms with van der Waals surface area (Å²) in [5.74, 6) is -0.304. The number of rotatable bonds is 41. The van der Waals surface area contributed by atoms with Gasteiger partial charge in [-0.2, -0.15) is 0 Å². The van der Waals surface area contributed by atoms with Crippen molar-refractivity contribution in [3.8, 4) is 0 Å². The zero-order valence-electron chi connectivity index (χ0n) is 47.1. The molecule has 0 aliphatic carbocycles. The first-order valence-corrected chi connectivity index (χ1v) is 29.3. The third-order valence-corrected chi connectivity index (χ3v) is 14.2. The van der Waals surface area contributed by atoms with Crippen molar-refractivity contribution in [1.82, 2.24) is 5.32 Å². The Morgan fingerprint density at radius 2 is 0.886 bits per heavy atom. The number of aliphatic hydroxyl groups is 11. The Kier molecular flexibility index (Phi) is 38.0. The van der Waals surface area contributed by atoms with E-state index in [2.05, 4.69) is 92.1 Å². The Morgan fingerprint density at radius 3 is 1.42 bits per heavy atom. The van der Waals surface area contributed by atoms with E-state index in [1.165, 1.54) is 32.1 Å². The van der Waals surface area contributed by atoms with Crippen LogP contribution in [0.5, 0.6) is 0 Å². The molecule has 79 heavy (non-hydrogen) atoms. The molecule has 0 aromatic carbocycles. The lowest BCUT2D eigenvalue weighted by molar-refractivity contribution is -0.379. The van der Waals surface area contributed by atoms with Crippen molar-refractivity contribution < 1.29 is 89.4 Å². The van der Waals surface area contributed by atoms with Gasteiger partial charge < -0.3 is 89.9 Å². The van der Waals surface area contributed by atoms with Crippen molar-refractivity contribution >= 4 is 5.91 Å². The number of aliphatic hydroxyl groups excluding tert-OH is 11. The van der Waals surface area contributed by atoms with Crippen LogP contribution in [0, 0.1) is 0 Å². The van der Waals surface area contributed by atoms with E-state index in [4.69, 9.17) is 28.4 Å². The van der Waals surface area contributed by atoms with E-state index in [9.17, 15) is 61.0 Å². The number of hydrogen-bond donors (Lipinski definition) is 12. The largest absolute Gasteiger partial charge is 0.394 e. The minimum atomic E-state index is -1.99. The van der Waals surface area contributed by atoms with E-state index < -0.39 is 124 Å². The summed E-state index contributed by atoms with van der Waals surface area (Å²) in [6.07, 6.45) is 24.2. The Hall–Kier alpha value is -3.03. The monoisotopic (exact) mass is 1120 g/mol. The first kappa shape index (κ1) is 70.2. The van der Waals surface area contributed by atoms with Gasteiger partial charge in [-0.3, -0.25) is 4.79 Å². The van der Waals surface area contributed by atoms with Crippen molar-refractivity contribution in [3.63, 3.8) is 0 Å². The first-order valence-electron chi connectivity index (χ1n) is 29.3. The fraction of sp³-hybridized carbons (Fsp3) is 0.750. The van der Waals surface area contributed by atoms with E-state index in [1.54, 1.807) is 6.08 Å². The van der Waals surface area contributed by atoms with Crippen LogP contribution < -0.4 is 5.32 Å². The first-order chi connectivity index (χ1) is 38.3. The molecule has 0 aromatic rings. The molecule has 454 valence electrons. The molecule has 1 amide bonds. The van der Waals surface area contributed by atoms with Gasteiger partial charge in [0.15, 0.2) is 18.9 Å². The van der Waals surface area contributed by atoms with Crippen molar-refractivity contribution in [2.45, 2.75) is 259 Å². The number of allylic oxidation sites excluding steroid dienone is 13. The molecule has 17 unspecified atom stereocenters. The van der Waals surface area contributed by atoms with Crippen molar-refractivity contribution in [2.75, 3.05) is 26.4 Å². The molecule has 3 aliphatic rings. The molecular weight excluding hydrogens is 1020 g/mol. The normalized spacial score (nSPS) is 30.9. The predicted molar refractivity (Wildman–Crippen MR) is 300 cm³/mol. The van der Waals surface area contributed by atoms with Gasteiger partial charge in [-0.15, -0.1) is 0 Å². The fourth-order valence-corrected chi connectivity index (χ4v) is 9.33. The zero-order valence-corrected chi connectivity index (χ0v) is 47.1. The number of nitrogens with one attached hydrogen (secondary N) is 1. The van der Waals surface area contributed by atoms with Gasteiger partial charge in [0.1, 0.15) is 73.2 Å². The van der Waals surface area contributed by atoms with E-state index >= 15 is 0 Å². The Balaban J connectivity index is 1.51. The smallest absolute Gasteiger partial charge is 0.220 e. The summed E-state index contributed by atoms with van der Waals surface area (Å²) < 4.78 is 34.2. The minimum absolute atomic E-state index is 0.217. The maximum Gasteiger partial charge on any atom is 0.220 e. The average Bonchev–Trinajstić information content (AvgIpc) is 3.45. The third kappa shape index (κ3) is 26.8. The maximum absolute atomic E-state index is 13.3. The fourth-order valence-electron chi connectivity index (χ4n) is 9.33. The lowest BCUT2D eigenvalue weighted by Gasteiger charge is -2.48. The Bertz CT molecular complexity index is 1770. The standard InChI is InChI=1S/C60H101NO18/c1-3-5-7-9-11-13-15-17-18-19-20-21-22-23-24-26-28-30-32-34-36-38-48(66)61-43(44(65)37-35-33-31-29-27-25-16-14-12-10-8-6-4-2)42-74-58-54(72)51(69)56(46(40-63)76-58)79-60-55(73)52(70)57(47(41-64)77-60)78-59-53(71)50(68)49(67)45(39-62)75-59/h5,7,11-14,17-18,20-21,27,29,35,37,43-47,49-60,62-65,67-73H,3-4,6,8-10,15-16,19,22-26,28,30-34,36,38-42H2,1-2H3,(H,61,66)/b7-5-,13-11-,14-12+,18-17-,21-20-,29-27+,37-35+. The molecule has 0 saturated carbocycles. The van der Waals surface area contributed by atoms with Crippen molar-refractivity contribution in [3.05, 3.63) is 85.1 Å². The molecule has 3 rings (SSSR count). The maximum atomic E-state index is 13.3. The molecule has 12 N–H and O–H groups in total. The predicted octanol–water partition coefficient (Wildman–Crippen LogP) is 4.81. The van der Waals surface area contributed by atoms with Crippen molar-refractivity contribution in [2.24, 2.45) is 0 Å². The molecule has 3 saturated heterocycles. The highest BCUT2D eigenvalue weighted by Gasteiger charge is 2.53. The van der Waals surface area contributed by atoms with Crippen molar-refractivity contribution in [1.29, 1.82) is 0 Å². The van der Waals surface area contributed by atoms with E-state index in [0.717, 1.165) is 89.9 Å². The van der Waals surface area contributed by atoms with Crippen LogP contribution in [0.3, 0.4) is 0 Å². The molecule has 3 heterocycles. The Labute approximate surface area is 470 Å². The quantitative estimate of drug-likeness (QED) is 0.0289. The molecule has 19 nitrogen and oxygen atoms in total. The van der Waals surface area contributed by atoms with E-state index in [1.807, 2.05) is 6.08 Å². The van der Waals surface area contributed by atoms with Gasteiger partial charge in [0, 0.05) is 6.42 Å². The van der Waals surface area contributed by atoms with Crippen LogP contribution in [-0.4, -0.2) is 193 Å². The van der Waals surface area contributed by atoms with Gasteiger partial charge in [-0.25, -0.2) is 0 Å². The highest BCUT2D eigenvalue weighted by molar-refractivity contribution is 5.76. The van der Waals surface area contributed by atoms with Crippen LogP contribution in [0.15, 0.2) is 85.1 Å². The number of carbonyl (C=O) groups excluding carboxylic acids is 1. The van der Waals surface area contributed by atoms with Crippen LogP contribution in [0.25, 0.3) is 0 Å². The second-order valence-electron chi connectivity index (χ2n) is 20.7. The van der Waals surface area contributed by atoms with Crippen LogP contribution in [-0.2, 0) is 33.2 Å². The highest BCUT2D eigenvalue weighted by Crippen LogP contribution is 2.33. The molecule has 0 spiro atoms. The SMILES string of the molecule is CC/C=C\C/C=C\C/C=C\C/C=C\CCCCCCCCCCC(=O)NC(COC1OC(CO)C(OC2OC(CO)C(OC3OC(CO)C(O)C(O)C3O)C(O)C2O)C(O)C1O)C(O)/C=C/CC/C=C/CC/C=C/CCCCC. The summed E-state index contributed by atoms with van der Waals surface area (Å²) in [5.41, 5.74) is 0. The second-order valence-corrected chi connectivity index (χ2v) is 20.7. The van der Waals surface area contributed by atoms with Gasteiger partial charge in [-0.1, -0.05) is 150 Å². The number of amides is 1. The highest BCUT2D eigenvalue weighted by atomic mass is 16.8. The molecule has 3 fully saturated rings. The lowest BCUT2D eigenvalue weighted by atomic mass is 9.96. The molecule has 19 heteroatoms. The Morgan fingerprint density at radius 1 is 0.468 bits per heavy atom. The molecular formula is C60H101NO18. The zero-order chi connectivity index (χ0) is 57.6. The summed E-state index contributed by atoms with van der Waals surface area (Å²) in [7, 11) is 0. The summed E-state index contributed by atoms with van der Waals surface area (Å²) >= 11 is 0. The van der Waals surface area contributed by atoms with Gasteiger partial charge in [0.05, 0.1) is 38.6 Å². The number of carbonyl (C=O) groups is 1. The van der Waals surface area contributed by atoms with Crippen LogP contribution in [0.1, 0.15) is 155 Å². The van der Waals surface area contributed by atoms with Gasteiger partial charge in [-0.05, 0) is 83.5 Å². The van der Waals surface area contributed by atoms with Crippen LogP contribution >= 0.6 is 0 Å². The van der Waals surface area contributed by atoms with E-state index in [0.29, 0.717) is 12.8 Å². The molecule has 0 bridgehead atoms. The van der Waals surface area contributed by atoms with Crippen LogP contribution in [0.2, 0.25) is 0 Å². The summed E-state index contributed by atoms with van der Waals surface area (Å²) in [5, 5.41) is 120.